The first-order valence-corrected chi connectivity index (χ1v) is 11.5. The van der Waals surface area contributed by atoms with Gasteiger partial charge in [0.1, 0.15) is 0 Å². The number of carboxylic acid groups (broad SMARTS) is 1. The van der Waals surface area contributed by atoms with E-state index in [1.165, 1.54) is 35.1 Å². The molecular formula is C25H35NO2S. The number of aliphatic carboxylic acids is 1. The lowest BCUT2D eigenvalue weighted by atomic mass is 9.63. The molecule has 0 unspecified atom stereocenters. The molecule has 1 saturated heterocycles. The van der Waals surface area contributed by atoms with Crippen LogP contribution in [0.15, 0.2) is 35.2 Å². The lowest BCUT2D eigenvalue weighted by Gasteiger charge is -2.42. The third-order valence-electron chi connectivity index (χ3n) is 6.88. The summed E-state index contributed by atoms with van der Waals surface area (Å²) in [6.07, 6.45) is 3.85. The summed E-state index contributed by atoms with van der Waals surface area (Å²) in [4.78, 5) is 13.3. The van der Waals surface area contributed by atoms with Crippen molar-refractivity contribution in [3.63, 3.8) is 0 Å². The lowest BCUT2D eigenvalue weighted by Crippen LogP contribution is -2.34. The van der Waals surface area contributed by atoms with Crippen molar-refractivity contribution in [1.82, 2.24) is 4.90 Å². The predicted molar refractivity (Wildman–Crippen MR) is 124 cm³/mol. The number of piperidine rings is 1. The van der Waals surface area contributed by atoms with Gasteiger partial charge < -0.3 is 10.0 Å². The highest BCUT2D eigenvalue weighted by Crippen LogP contribution is 2.46. The summed E-state index contributed by atoms with van der Waals surface area (Å²) in [7, 11) is 0. The Hall–Kier alpha value is -1.68. The van der Waals surface area contributed by atoms with Gasteiger partial charge in [-0.05, 0) is 71.1 Å². The molecule has 1 aromatic rings. The minimum absolute atomic E-state index is 0.204. The fourth-order valence-electron chi connectivity index (χ4n) is 4.51. The Morgan fingerprint density at radius 1 is 1.14 bits per heavy atom. The first-order chi connectivity index (χ1) is 13.5. The van der Waals surface area contributed by atoms with E-state index in [1.807, 2.05) is 0 Å². The van der Waals surface area contributed by atoms with E-state index in [0.29, 0.717) is 12.8 Å². The number of carbonyl (C=O) groups is 1. The lowest BCUT2D eigenvalue weighted by molar-refractivity contribution is -0.143. The fourth-order valence-corrected chi connectivity index (χ4v) is 5.29. The number of rotatable bonds is 5. The number of hydrogen-bond acceptors (Lipinski definition) is 3. The molecule has 158 valence electrons. The van der Waals surface area contributed by atoms with Crippen LogP contribution in [-0.2, 0) is 15.6 Å². The van der Waals surface area contributed by atoms with Crippen molar-refractivity contribution in [3.8, 4) is 0 Å². The number of carboxylic acids is 1. The van der Waals surface area contributed by atoms with E-state index in [1.54, 1.807) is 11.8 Å². The molecule has 0 bridgehead atoms. The smallest absolute Gasteiger partial charge is 0.306 e. The molecule has 0 atom stereocenters. The van der Waals surface area contributed by atoms with Gasteiger partial charge in [-0.2, -0.15) is 0 Å². The molecule has 2 aliphatic rings. The topological polar surface area (TPSA) is 40.5 Å². The summed E-state index contributed by atoms with van der Waals surface area (Å²) in [6.45, 7) is 17.4. The molecule has 1 aliphatic carbocycles. The van der Waals surface area contributed by atoms with Crippen molar-refractivity contribution in [3.05, 3.63) is 51.9 Å². The van der Waals surface area contributed by atoms with E-state index in [2.05, 4.69) is 69.7 Å². The van der Waals surface area contributed by atoms with Crippen LogP contribution < -0.4 is 0 Å². The van der Waals surface area contributed by atoms with E-state index < -0.39 is 5.97 Å². The van der Waals surface area contributed by atoms with Gasteiger partial charge in [0.25, 0.3) is 0 Å². The van der Waals surface area contributed by atoms with Crippen LogP contribution in [0.4, 0.5) is 0 Å². The number of benzene rings is 1. The molecule has 0 radical (unpaired) electrons. The number of likely N-dealkylation sites (tertiary alicyclic amines) is 1. The zero-order chi connectivity index (χ0) is 21.4. The Kier molecular flexibility index (Phi) is 6.24. The number of allylic oxidation sites excluding steroid dienone is 1. The summed E-state index contributed by atoms with van der Waals surface area (Å²) in [5.41, 5.74) is 5.96. The second-order valence-electron chi connectivity index (χ2n) is 9.94. The molecule has 1 fully saturated rings. The van der Waals surface area contributed by atoms with Gasteiger partial charge in [-0.25, -0.2) is 0 Å². The quantitative estimate of drug-likeness (QED) is 0.606. The van der Waals surface area contributed by atoms with Crippen molar-refractivity contribution >= 4 is 23.3 Å². The molecule has 1 aromatic carbocycles. The maximum atomic E-state index is 11.1. The fraction of sp³-hybridized carbons (Fsp3) is 0.560. The molecule has 0 saturated carbocycles. The maximum absolute atomic E-state index is 11.1. The van der Waals surface area contributed by atoms with Crippen LogP contribution in [0.2, 0.25) is 0 Å². The van der Waals surface area contributed by atoms with Gasteiger partial charge >= 0.3 is 5.97 Å². The Morgan fingerprint density at radius 3 is 2.31 bits per heavy atom. The van der Waals surface area contributed by atoms with Gasteiger partial charge in [0.15, 0.2) is 0 Å². The normalized spacial score (nSPS) is 21.6. The average Bonchev–Trinajstić information content (AvgIpc) is 2.69. The predicted octanol–water partition coefficient (Wildman–Crippen LogP) is 6.40. The Bertz CT molecular complexity index is 829. The molecule has 1 aliphatic heterocycles. The second kappa shape index (κ2) is 8.22. The SMILES string of the molecule is C=C(S/C=C(\C)c1ccc2c(c1)C(C)(C)CCC2(C)C)N1CCC(C(=O)O)CC1. The Morgan fingerprint density at radius 2 is 1.72 bits per heavy atom. The highest BCUT2D eigenvalue weighted by molar-refractivity contribution is 8.05. The summed E-state index contributed by atoms with van der Waals surface area (Å²) < 4.78 is 0. The minimum atomic E-state index is -0.669. The van der Waals surface area contributed by atoms with Crippen molar-refractivity contribution < 1.29 is 9.90 Å². The van der Waals surface area contributed by atoms with Crippen molar-refractivity contribution in [2.24, 2.45) is 5.92 Å². The van der Waals surface area contributed by atoms with Crippen LogP contribution in [0.1, 0.15) is 77.0 Å². The maximum Gasteiger partial charge on any atom is 0.306 e. The molecule has 0 spiro atoms. The molecule has 3 nitrogen and oxygen atoms in total. The Balaban J connectivity index is 1.71. The van der Waals surface area contributed by atoms with Gasteiger partial charge in [-0.3, -0.25) is 4.79 Å². The van der Waals surface area contributed by atoms with Crippen molar-refractivity contribution in [2.45, 2.75) is 71.1 Å². The minimum Gasteiger partial charge on any atom is -0.481 e. The number of hydrogen-bond donors (Lipinski definition) is 1. The molecule has 0 amide bonds. The summed E-state index contributed by atoms with van der Waals surface area (Å²) >= 11 is 1.65. The van der Waals surface area contributed by atoms with Crippen LogP contribution >= 0.6 is 11.8 Å². The molecule has 1 N–H and O–H groups in total. The van der Waals surface area contributed by atoms with Gasteiger partial charge in [0.2, 0.25) is 0 Å². The second-order valence-corrected chi connectivity index (χ2v) is 10.9. The van der Waals surface area contributed by atoms with E-state index in [-0.39, 0.29) is 16.7 Å². The van der Waals surface area contributed by atoms with Gasteiger partial charge in [0.05, 0.1) is 10.9 Å². The van der Waals surface area contributed by atoms with E-state index >= 15 is 0 Å². The molecular weight excluding hydrogens is 378 g/mol. The van der Waals surface area contributed by atoms with E-state index in [0.717, 1.165) is 18.1 Å². The van der Waals surface area contributed by atoms with Crippen molar-refractivity contribution in [1.29, 1.82) is 0 Å². The van der Waals surface area contributed by atoms with Crippen molar-refractivity contribution in [2.75, 3.05) is 13.1 Å². The summed E-state index contributed by atoms with van der Waals surface area (Å²) in [6, 6.07) is 6.98. The van der Waals surface area contributed by atoms with Gasteiger partial charge in [0, 0.05) is 13.1 Å². The average molecular weight is 414 g/mol. The van der Waals surface area contributed by atoms with Crippen LogP contribution in [0, 0.1) is 5.92 Å². The van der Waals surface area contributed by atoms with Gasteiger partial charge in [-0.1, -0.05) is 64.2 Å². The highest BCUT2D eigenvalue weighted by Gasteiger charge is 2.37. The van der Waals surface area contributed by atoms with Gasteiger partial charge in [-0.15, -0.1) is 0 Å². The zero-order valence-electron chi connectivity index (χ0n) is 18.5. The summed E-state index contributed by atoms with van der Waals surface area (Å²) in [5.74, 6) is -0.874. The number of fused-ring (bicyclic) bond motifs is 1. The summed E-state index contributed by atoms with van der Waals surface area (Å²) in [5, 5.41) is 12.4. The first-order valence-electron chi connectivity index (χ1n) is 10.7. The molecule has 0 aromatic heterocycles. The third-order valence-corrected chi connectivity index (χ3v) is 7.88. The van der Waals surface area contributed by atoms with Crippen LogP contribution in [-0.4, -0.2) is 29.1 Å². The van der Waals surface area contributed by atoms with E-state index in [9.17, 15) is 4.79 Å². The Labute approximate surface area is 180 Å². The largest absolute Gasteiger partial charge is 0.481 e. The zero-order valence-corrected chi connectivity index (χ0v) is 19.4. The van der Waals surface area contributed by atoms with E-state index in [4.69, 9.17) is 5.11 Å². The highest BCUT2D eigenvalue weighted by atomic mass is 32.2. The third kappa shape index (κ3) is 4.74. The standard InChI is InChI=1S/C25H35NO2S/c1-17(16-29-18(2)26-13-9-19(10-14-26)23(27)28)20-7-8-21-22(15-20)25(5,6)12-11-24(21,3)4/h7-8,15-16,19H,2,9-14H2,1,3-6H3,(H,27,28)/b17-16+. The van der Waals surface area contributed by atoms with Crippen LogP contribution in [0.3, 0.4) is 0 Å². The molecule has 3 rings (SSSR count). The monoisotopic (exact) mass is 413 g/mol. The number of nitrogens with zero attached hydrogens (tertiary/aromatic N) is 1. The molecule has 4 heteroatoms. The van der Waals surface area contributed by atoms with Crippen LogP contribution in [0.5, 0.6) is 0 Å². The van der Waals surface area contributed by atoms with Crippen LogP contribution in [0.25, 0.3) is 5.57 Å². The first kappa shape index (κ1) is 22.0. The molecule has 1 heterocycles. The molecule has 29 heavy (non-hydrogen) atoms. The number of thioether (sulfide) groups is 1.